The number of carbonyl (C=O) groups is 1. The summed E-state index contributed by atoms with van der Waals surface area (Å²) in [6.45, 7) is 8.62. The van der Waals surface area contributed by atoms with E-state index in [1.807, 2.05) is 44.1 Å². The number of nitrogens with zero attached hydrogens (tertiary/aromatic N) is 6. The molecular weight excluding hydrogens is 396 g/mol. The number of piperidine rings is 1. The average molecular weight is 425 g/mol. The van der Waals surface area contributed by atoms with E-state index in [1.165, 1.54) is 0 Å². The van der Waals surface area contributed by atoms with Crippen molar-refractivity contribution in [2.24, 2.45) is 0 Å². The minimum Gasteiger partial charge on any atom is -0.377 e. The summed E-state index contributed by atoms with van der Waals surface area (Å²) in [5.74, 6) is 1.59. The van der Waals surface area contributed by atoms with Gasteiger partial charge >= 0.3 is 0 Å². The van der Waals surface area contributed by atoms with Crippen LogP contribution in [0, 0.1) is 13.8 Å². The Kier molecular flexibility index (Phi) is 6.41. The van der Waals surface area contributed by atoms with E-state index in [-0.39, 0.29) is 11.8 Å². The number of likely N-dealkylation sites (tertiary alicyclic amines) is 1. The smallest absolute Gasteiger partial charge is 0.276 e. The van der Waals surface area contributed by atoms with Gasteiger partial charge in [-0.1, -0.05) is 5.16 Å². The van der Waals surface area contributed by atoms with Gasteiger partial charge in [-0.25, -0.2) is 9.97 Å². The molecule has 0 N–H and O–H groups in total. The molecular formula is C22H28N6O3. The van der Waals surface area contributed by atoms with E-state index in [9.17, 15) is 4.79 Å². The molecule has 31 heavy (non-hydrogen) atoms. The summed E-state index contributed by atoms with van der Waals surface area (Å²) in [5, 5.41) is 8.29. The Bertz CT molecular complexity index is 1020. The molecule has 0 spiro atoms. The van der Waals surface area contributed by atoms with Crippen molar-refractivity contribution in [3.63, 3.8) is 0 Å². The van der Waals surface area contributed by atoms with Gasteiger partial charge in [0.2, 0.25) is 0 Å². The molecule has 3 aromatic rings. The molecule has 1 fully saturated rings. The van der Waals surface area contributed by atoms with Crippen LogP contribution in [0.25, 0.3) is 0 Å². The Morgan fingerprint density at radius 1 is 1.29 bits per heavy atom. The summed E-state index contributed by atoms with van der Waals surface area (Å²) in [6.07, 6.45) is 7.11. The molecule has 0 bridgehead atoms. The minimum absolute atomic E-state index is 0.0918. The molecule has 164 valence electrons. The zero-order valence-electron chi connectivity index (χ0n) is 18.2. The molecule has 0 aromatic carbocycles. The van der Waals surface area contributed by atoms with Crippen molar-refractivity contribution in [1.29, 1.82) is 0 Å². The van der Waals surface area contributed by atoms with Gasteiger partial charge in [0.05, 0.1) is 18.8 Å². The van der Waals surface area contributed by atoms with E-state index in [1.54, 1.807) is 10.9 Å². The van der Waals surface area contributed by atoms with Crippen molar-refractivity contribution in [2.45, 2.75) is 52.7 Å². The lowest BCUT2D eigenvalue weighted by Gasteiger charge is -2.32. The molecule has 0 saturated carbocycles. The fourth-order valence-corrected chi connectivity index (χ4v) is 4.00. The van der Waals surface area contributed by atoms with Crippen LogP contribution < -0.4 is 0 Å². The van der Waals surface area contributed by atoms with Gasteiger partial charge in [0.25, 0.3) is 5.91 Å². The number of rotatable bonds is 7. The van der Waals surface area contributed by atoms with Crippen LogP contribution in [0.3, 0.4) is 0 Å². The normalized spacial score (nSPS) is 14.9. The van der Waals surface area contributed by atoms with Crippen LogP contribution >= 0.6 is 0 Å². The highest BCUT2D eigenvalue weighted by Gasteiger charge is 2.30. The van der Waals surface area contributed by atoms with E-state index in [2.05, 4.69) is 15.2 Å². The third-order valence-electron chi connectivity index (χ3n) is 5.72. The lowest BCUT2D eigenvalue weighted by atomic mass is 9.90. The Hall–Kier alpha value is -3.07. The van der Waals surface area contributed by atoms with Gasteiger partial charge in [0, 0.05) is 55.3 Å². The second kappa shape index (κ2) is 9.38. The summed E-state index contributed by atoms with van der Waals surface area (Å²) in [5.41, 5.74) is 3.23. The first-order chi connectivity index (χ1) is 15.1. The maximum atomic E-state index is 13.2. The summed E-state index contributed by atoms with van der Waals surface area (Å²) < 4.78 is 12.7. The molecule has 1 aliphatic rings. The third kappa shape index (κ3) is 4.66. The van der Waals surface area contributed by atoms with E-state index < -0.39 is 0 Å². The van der Waals surface area contributed by atoms with Gasteiger partial charge in [0.15, 0.2) is 5.69 Å². The minimum atomic E-state index is -0.0918. The molecule has 1 aliphatic heterocycles. The Morgan fingerprint density at radius 2 is 2.10 bits per heavy atom. The highest BCUT2D eigenvalue weighted by atomic mass is 16.5. The molecule has 1 saturated heterocycles. The van der Waals surface area contributed by atoms with Crippen molar-refractivity contribution in [1.82, 2.24) is 29.8 Å². The van der Waals surface area contributed by atoms with Crippen LogP contribution in [0.5, 0.6) is 0 Å². The number of carbonyl (C=O) groups excluding carboxylic acids is 1. The van der Waals surface area contributed by atoms with Crippen LogP contribution in [-0.4, -0.2) is 55.4 Å². The monoisotopic (exact) mass is 424 g/mol. The maximum Gasteiger partial charge on any atom is 0.276 e. The van der Waals surface area contributed by atoms with Gasteiger partial charge in [-0.05, 0) is 39.7 Å². The zero-order chi connectivity index (χ0) is 21.8. The van der Waals surface area contributed by atoms with Crippen molar-refractivity contribution in [3.8, 4) is 0 Å². The SMILES string of the molecule is CCOCc1cnc(C)nc1C1CCN(C(=O)c2noc(C)c2Cn2cccn2)CC1. The predicted octanol–water partition coefficient (Wildman–Crippen LogP) is 2.88. The second-order valence-electron chi connectivity index (χ2n) is 7.80. The van der Waals surface area contributed by atoms with Crippen LogP contribution in [0.15, 0.2) is 29.2 Å². The lowest BCUT2D eigenvalue weighted by molar-refractivity contribution is 0.0699. The quantitative estimate of drug-likeness (QED) is 0.575. The molecule has 0 aliphatic carbocycles. The second-order valence-corrected chi connectivity index (χ2v) is 7.80. The highest BCUT2D eigenvalue weighted by Crippen LogP contribution is 2.30. The number of hydrogen-bond acceptors (Lipinski definition) is 7. The first-order valence-electron chi connectivity index (χ1n) is 10.7. The van der Waals surface area contributed by atoms with Gasteiger partial charge in [-0.3, -0.25) is 9.48 Å². The Labute approximate surface area is 181 Å². The summed E-state index contributed by atoms with van der Waals surface area (Å²) in [6, 6.07) is 1.85. The number of ether oxygens (including phenoxy) is 1. The molecule has 4 heterocycles. The molecule has 4 rings (SSSR count). The van der Waals surface area contributed by atoms with Crippen LogP contribution in [0.1, 0.15) is 64.6 Å². The molecule has 0 radical (unpaired) electrons. The summed E-state index contributed by atoms with van der Waals surface area (Å²) in [4.78, 5) is 24.1. The fourth-order valence-electron chi connectivity index (χ4n) is 4.00. The molecule has 0 atom stereocenters. The van der Waals surface area contributed by atoms with Crippen LogP contribution in [0.4, 0.5) is 0 Å². The van der Waals surface area contributed by atoms with Gasteiger partial charge in [-0.2, -0.15) is 5.10 Å². The van der Waals surface area contributed by atoms with Gasteiger partial charge < -0.3 is 14.2 Å². The zero-order valence-corrected chi connectivity index (χ0v) is 18.2. The topological polar surface area (TPSA) is 99.2 Å². The fraction of sp³-hybridized carbons (Fsp3) is 0.500. The van der Waals surface area contributed by atoms with Crippen molar-refractivity contribution in [2.75, 3.05) is 19.7 Å². The van der Waals surface area contributed by atoms with Crippen LogP contribution in [0.2, 0.25) is 0 Å². The predicted molar refractivity (Wildman–Crippen MR) is 113 cm³/mol. The number of amides is 1. The van der Waals surface area contributed by atoms with Crippen molar-refractivity contribution >= 4 is 5.91 Å². The Balaban J connectivity index is 1.45. The maximum absolute atomic E-state index is 13.2. The number of hydrogen-bond donors (Lipinski definition) is 0. The van der Waals surface area contributed by atoms with Crippen LogP contribution in [-0.2, 0) is 17.9 Å². The van der Waals surface area contributed by atoms with Gasteiger partial charge in [0.1, 0.15) is 11.6 Å². The van der Waals surface area contributed by atoms with E-state index >= 15 is 0 Å². The largest absolute Gasteiger partial charge is 0.377 e. The standard InChI is InChI=1S/C22H28N6O3/c1-4-30-14-18-12-23-16(3)25-20(18)17-6-10-27(11-7-17)22(29)21-19(15(2)31-26-21)13-28-9-5-8-24-28/h5,8-9,12,17H,4,6-7,10-11,13-14H2,1-3H3. The van der Waals surface area contributed by atoms with E-state index in [0.29, 0.717) is 44.3 Å². The Morgan fingerprint density at radius 3 is 2.81 bits per heavy atom. The summed E-state index contributed by atoms with van der Waals surface area (Å²) >= 11 is 0. The molecule has 9 nitrogen and oxygen atoms in total. The molecule has 3 aromatic heterocycles. The third-order valence-corrected chi connectivity index (χ3v) is 5.72. The van der Waals surface area contributed by atoms with E-state index in [4.69, 9.17) is 14.2 Å². The summed E-state index contributed by atoms with van der Waals surface area (Å²) in [7, 11) is 0. The van der Waals surface area contributed by atoms with Gasteiger partial charge in [-0.15, -0.1) is 0 Å². The van der Waals surface area contributed by atoms with Crippen molar-refractivity contribution < 1.29 is 14.1 Å². The van der Waals surface area contributed by atoms with E-state index in [0.717, 1.165) is 35.5 Å². The highest BCUT2D eigenvalue weighted by molar-refractivity contribution is 5.93. The number of aromatic nitrogens is 5. The first-order valence-corrected chi connectivity index (χ1v) is 10.7. The first kappa shape index (κ1) is 21.2. The molecule has 1 amide bonds. The molecule has 9 heteroatoms. The lowest BCUT2D eigenvalue weighted by Crippen LogP contribution is -2.39. The van der Waals surface area contributed by atoms with Crippen molar-refractivity contribution in [3.05, 3.63) is 58.8 Å². The number of aryl methyl sites for hydroxylation is 2. The molecule has 0 unspecified atom stereocenters. The average Bonchev–Trinajstić information content (AvgIpc) is 3.43.